The van der Waals surface area contributed by atoms with Gasteiger partial charge in [-0.1, -0.05) is 43.0 Å². The van der Waals surface area contributed by atoms with E-state index in [4.69, 9.17) is 11.6 Å². The Labute approximate surface area is 133 Å². The standard InChI is InChI=1S/C16H22ClNO2S/c1-12(16(19)18-15-5-3-2-4-6-15)21(20)11-13-7-9-14(17)10-8-13/h7-10,12,15H,2-6,11H2,1H3,(H,18,19)/t12-,21-/m1/s1. The van der Waals surface area contributed by atoms with Crippen molar-refractivity contribution in [2.45, 2.75) is 56.1 Å². The van der Waals surface area contributed by atoms with Gasteiger partial charge < -0.3 is 5.32 Å². The first-order valence-corrected chi connectivity index (χ1v) is 9.24. The van der Waals surface area contributed by atoms with Crippen LogP contribution in [0.25, 0.3) is 0 Å². The molecule has 1 amide bonds. The molecule has 1 aromatic rings. The predicted molar refractivity (Wildman–Crippen MR) is 87.8 cm³/mol. The molecule has 5 heteroatoms. The highest BCUT2D eigenvalue weighted by atomic mass is 35.5. The summed E-state index contributed by atoms with van der Waals surface area (Å²) in [7, 11) is -1.21. The van der Waals surface area contributed by atoms with Gasteiger partial charge in [-0.2, -0.15) is 0 Å². The minimum atomic E-state index is -1.21. The van der Waals surface area contributed by atoms with Gasteiger partial charge in [0.1, 0.15) is 5.25 Å². The van der Waals surface area contributed by atoms with Crippen LogP contribution < -0.4 is 5.32 Å². The fourth-order valence-corrected chi connectivity index (χ4v) is 3.76. The van der Waals surface area contributed by atoms with E-state index < -0.39 is 16.0 Å². The Kier molecular flexibility index (Phi) is 6.24. The second-order valence-electron chi connectivity index (χ2n) is 5.64. The summed E-state index contributed by atoms with van der Waals surface area (Å²) in [6.07, 6.45) is 5.69. The molecule has 1 aromatic carbocycles. The summed E-state index contributed by atoms with van der Waals surface area (Å²) in [6.45, 7) is 1.74. The van der Waals surface area contributed by atoms with Crippen molar-refractivity contribution < 1.29 is 9.00 Å². The highest BCUT2D eigenvalue weighted by Crippen LogP contribution is 2.18. The Bertz CT molecular complexity index is 498. The van der Waals surface area contributed by atoms with E-state index in [0.29, 0.717) is 10.8 Å². The number of rotatable bonds is 5. The second kappa shape index (κ2) is 7.95. The Balaban J connectivity index is 1.85. The number of halogens is 1. The van der Waals surface area contributed by atoms with Crippen molar-refractivity contribution in [3.05, 3.63) is 34.9 Å². The van der Waals surface area contributed by atoms with Gasteiger partial charge in [0.25, 0.3) is 0 Å². The summed E-state index contributed by atoms with van der Waals surface area (Å²) in [6, 6.07) is 7.53. The third kappa shape index (κ3) is 5.11. The topological polar surface area (TPSA) is 46.2 Å². The minimum Gasteiger partial charge on any atom is -0.352 e. The molecule has 0 heterocycles. The smallest absolute Gasteiger partial charge is 0.235 e. The summed E-state index contributed by atoms with van der Waals surface area (Å²) in [5.74, 6) is 0.297. The van der Waals surface area contributed by atoms with Crippen molar-refractivity contribution in [2.24, 2.45) is 0 Å². The molecule has 1 aliphatic carbocycles. The Morgan fingerprint density at radius 3 is 2.52 bits per heavy atom. The van der Waals surface area contributed by atoms with E-state index >= 15 is 0 Å². The van der Waals surface area contributed by atoms with Gasteiger partial charge in [-0.05, 0) is 37.5 Å². The number of hydrogen-bond donors (Lipinski definition) is 1. The first kappa shape index (κ1) is 16.5. The highest BCUT2D eigenvalue weighted by molar-refractivity contribution is 7.85. The summed E-state index contributed by atoms with van der Waals surface area (Å²) >= 11 is 5.83. The molecular formula is C16H22ClNO2S. The van der Waals surface area contributed by atoms with E-state index in [1.807, 2.05) is 12.1 Å². The van der Waals surface area contributed by atoms with E-state index in [1.54, 1.807) is 19.1 Å². The van der Waals surface area contributed by atoms with Crippen LogP contribution in [0.15, 0.2) is 24.3 Å². The Morgan fingerprint density at radius 2 is 1.90 bits per heavy atom. The summed E-state index contributed by atoms with van der Waals surface area (Å²) < 4.78 is 12.3. The molecule has 1 saturated carbocycles. The first-order chi connectivity index (χ1) is 10.1. The van der Waals surface area contributed by atoms with Gasteiger partial charge in [-0.3, -0.25) is 9.00 Å². The number of carbonyl (C=O) groups excluding carboxylic acids is 1. The van der Waals surface area contributed by atoms with Crippen molar-refractivity contribution in [3.8, 4) is 0 Å². The van der Waals surface area contributed by atoms with Gasteiger partial charge in [0.15, 0.2) is 0 Å². The predicted octanol–water partition coefficient (Wildman–Crippen LogP) is 3.43. The van der Waals surface area contributed by atoms with Crippen molar-refractivity contribution >= 4 is 28.3 Å². The van der Waals surface area contributed by atoms with Crippen LogP contribution in [0.1, 0.15) is 44.6 Å². The van der Waals surface area contributed by atoms with Crippen LogP contribution in [0.2, 0.25) is 5.02 Å². The molecule has 0 aliphatic heterocycles. The highest BCUT2D eigenvalue weighted by Gasteiger charge is 2.23. The van der Waals surface area contributed by atoms with E-state index in [-0.39, 0.29) is 11.9 Å². The SMILES string of the molecule is C[C@H](C(=O)NC1CCCCC1)[S@](=O)Cc1ccc(Cl)cc1. The molecule has 2 rings (SSSR count). The lowest BCUT2D eigenvalue weighted by Gasteiger charge is -2.24. The van der Waals surface area contributed by atoms with Crippen LogP contribution in [0, 0.1) is 0 Å². The molecule has 0 aromatic heterocycles. The van der Waals surface area contributed by atoms with Gasteiger partial charge in [0.2, 0.25) is 5.91 Å². The van der Waals surface area contributed by atoms with Crippen molar-refractivity contribution in [3.63, 3.8) is 0 Å². The fraction of sp³-hybridized carbons (Fsp3) is 0.562. The molecule has 2 atom stereocenters. The summed E-state index contributed by atoms with van der Waals surface area (Å²) in [4.78, 5) is 12.2. The molecule has 116 valence electrons. The monoisotopic (exact) mass is 327 g/mol. The van der Waals surface area contributed by atoms with Crippen molar-refractivity contribution in [2.75, 3.05) is 0 Å². The van der Waals surface area contributed by atoms with Crippen LogP contribution in [0.4, 0.5) is 0 Å². The van der Waals surface area contributed by atoms with Gasteiger partial charge in [0.05, 0.1) is 0 Å². The normalized spacial score (nSPS) is 19.0. The van der Waals surface area contributed by atoms with Crippen LogP contribution in [0.5, 0.6) is 0 Å². The zero-order valence-electron chi connectivity index (χ0n) is 12.3. The first-order valence-electron chi connectivity index (χ1n) is 7.48. The maximum absolute atomic E-state index is 12.3. The molecule has 1 N–H and O–H groups in total. The third-order valence-electron chi connectivity index (χ3n) is 3.94. The van der Waals surface area contributed by atoms with Crippen molar-refractivity contribution in [1.82, 2.24) is 5.32 Å². The minimum absolute atomic E-state index is 0.0887. The number of nitrogens with one attached hydrogen (secondary N) is 1. The quantitative estimate of drug-likeness (QED) is 0.900. The number of amides is 1. The second-order valence-corrected chi connectivity index (χ2v) is 7.83. The van der Waals surface area contributed by atoms with E-state index in [9.17, 15) is 9.00 Å². The van der Waals surface area contributed by atoms with Crippen LogP contribution >= 0.6 is 11.6 Å². The zero-order chi connectivity index (χ0) is 15.2. The molecule has 0 unspecified atom stereocenters. The zero-order valence-corrected chi connectivity index (χ0v) is 13.9. The van der Waals surface area contributed by atoms with E-state index in [2.05, 4.69) is 5.32 Å². The van der Waals surface area contributed by atoms with Crippen LogP contribution in [-0.4, -0.2) is 21.4 Å². The van der Waals surface area contributed by atoms with Gasteiger partial charge in [0, 0.05) is 27.6 Å². The largest absolute Gasteiger partial charge is 0.352 e. The van der Waals surface area contributed by atoms with Crippen LogP contribution in [-0.2, 0) is 21.3 Å². The average molecular weight is 328 g/mol. The van der Waals surface area contributed by atoms with Gasteiger partial charge >= 0.3 is 0 Å². The maximum atomic E-state index is 12.3. The molecular weight excluding hydrogens is 306 g/mol. The lowest BCUT2D eigenvalue weighted by molar-refractivity contribution is -0.121. The number of benzene rings is 1. The maximum Gasteiger partial charge on any atom is 0.235 e. The molecule has 3 nitrogen and oxygen atoms in total. The van der Waals surface area contributed by atoms with Crippen LogP contribution in [0.3, 0.4) is 0 Å². The average Bonchev–Trinajstić information content (AvgIpc) is 2.49. The number of hydrogen-bond acceptors (Lipinski definition) is 2. The fourth-order valence-electron chi connectivity index (χ4n) is 2.55. The summed E-state index contributed by atoms with van der Waals surface area (Å²) in [5, 5.41) is 3.22. The lowest BCUT2D eigenvalue weighted by atomic mass is 9.95. The molecule has 0 saturated heterocycles. The number of carbonyl (C=O) groups is 1. The third-order valence-corrected chi connectivity index (χ3v) is 5.81. The van der Waals surface area contributed by atoms with E-state index in [1.165, 1.54) is 19.3 Å². The molecule has 1 fully saturated rings. The molecule has 0 radical (unpaired) electrons. The molecule has 0 bridgehead atoms. The Morgan fingerprint density at radius 1 is 1.29 bits per heavy atom. The van der Waals surface area contributed by atoms with Gasteiger partial charge in [-0.25, -0.2) is 0 Å². The molecule has 0 spiro atoms. The lowest BCUT2D eigenvalue weighted by Crippen LogP contribution is -2.42. The molecule has 21 heavy (non-hydrogen) atoms. The van der Waals surface area contributed by atoms with Gasteiger partial charge in [-0.15, -0.1) is 0 Å². The Hall–Kier alpha value is -0.870. The summed E-state index contributed by atoms with van der Waals surface area (Å²) in [5.41, 5.74) is 0.940. The van der Waals surface area contributed by atoms with Crippen molar-refractivity contribution in [1.29, 1.82) is 0 Å². The molecule has 1 aliphatic rings. The van der Waals surface area contributed by atoms with E-state index in [0.717, 1.165) is 18.4 Å².